The monoisotopic (exact) mass is 361 g/mol. The van der Waals surface area contributed by atoms with E-state index in [-0.39, 0.29) is 5.60 Å². The summed E-state index contributed by atoms with van der Waals surface area (Å²) in [7, 11) is 0. The van der Waals surface area contributed by atoms with Gasteiger partial charge in [-0.1, -0.05) is 6.92 Å². The summed E-state index contributed by atoms with van der Waals surface area (Å²) in [4.78, 5) is 9.11. The second kappa shape index (κ2) is 6.14. The van der Waals surface area contributed by atoms with Gasteiger partial charge in [-0.2, -0.15) is 0 Å². The Morgan fingerprint density at radius 3 is 3.00 bits per heavy atom. The minimum absolute atomic E-state index is 0.314. The van der Waals surface area contributed by atoms with Crippen LogP contribution in [0, 0.1) is 3.57 Å². The Hall–Kier alpha value is -0.430. The molecule has 2 rings (SSSR count). The molecule has 1 N–H and O–H groups in total. The summed E-state index contributed by atoms with van der Waals surface area (Å²) in [6, 6.07) is 0. The topological polar surface area (TPSA) is 47.0 Å². The van der Waals surface area contributed by atoms with E-state index in [0.29, 0.717) is 0 Å². The van der Waals surface area contributed by atoms with Crippen molar-refractivity contribution in [2.24, 2.45) is 0 Å². The van der Waals surface area contributed by atoms with E-state index in [0.717, 1.165) is 47.6 Å². The van der Waals surface area contributed by atoms with E-state index in [9.17, 15) is 0 Å². The van der Waals surface area contributed by atoms with Gasteiger partial charge in [0.1, 0.15) is 11.4 Å². The molecule has 0 bridgehead atoms. The largest absolute Gasteiger partial charge is 0.369 e. The van der Waals surface area contributed by atoms with Gasteiger partial charge in [0, 0.05) is 19.3 Å². The van der Waals surface area contributed by atoms with E-state index in [1.54, 1.807) is 0 Å². The molecule has 0 amide bonds. The fourth-order valence-corrected chi connectivity index (χ4v) is 2.55. The summed E-state index contributed by atoms with van der Waals surface area (Å²) in [5.41, 5.74) is -0.314. The number of rotatable bonds is 4. The van der Waals surface area contributed by atoms with E-state index in [2.05, 4.69) is 51.7 Å². The van der Waals surface area contributed by atoms with E-state index < -0.39 is 0 Å². The van der Waals surface area contributed by atoms with Crippen LogP contribution in [0.2, 0.25) is 0 Å². The summed E-state index contributed by atoms with van der Waals surface area (Å²) >= 11 is 2.26. The molecule has 1 fully saturated rings. The van der Waals surface area contributed by atoms with Crippen LogP contribution in [0.5, 0.6) is 0 Å². The Morgan fingerprint density at radius 1 is 1.50 bits per heavy atom. The highest BCUT2D eigenvalue weighted by molar-refractivity contribution is 14.1. The maximum Gasteiger partial charge on any atom is 0.162 e. The summed E-state index contributed by atoms with van der Waals surface area (Å²) in [6.07, 6.45) is 6.29. The first-order valence-corrected chi connectivity index (χ1v) is 7.64. The summed E-state index contributed by atoms with van der Waals surface area (Å²) < 4.78 is 6.96. The van der Waals surface area contributed by atoms with Gasteiger partial charge in [-0.3, -0.25) is 0 Å². The van der Waals surface area contributed by atoms with Gasteiger partial charge in [0.15, 0.2) is 5.82 Å². The first-order chi connectivity index (χ1) is 8.65. The Balaban J connectivity index is 2.22. The molecule has 2 heterocycles. The molecule has 18 heavy (non-hydrogen) atoms. The van der Waals surface area contributed by atoms with Crippen LogP contribution >= 0.6 is 22.6 Å². The Kier molecular flexibility index (Phi) is 4.77. The van der Waals surface area contributed by atoms with Gasteiger partial charge < -0.3 is 10.1 Å². The van der Waals surface area contributed by atoms with Crippen molar-refractivity contribution in [3.63, 3.8) is 0 Å². The number of ether oxygens (including phenoxy) is 1. The van der Waals surface area contributed by atoms with Crippen molar-refractivity contribution in [1.29, 1.82) is 0 Å². The maximum absolute atomic E-state index is 5.90. The van der Waals surface area contributed by atoms with Gasteiger partial charge in [-0.05, 0) is 55.2 Å². The van der Waals surface area contributed by atoms with E-state index in [4.69, 9.17) is 4.74 Å². The van der Waals surface area contributed by atoms with Crippen LogP contribution in [0.4, 0.5) is 5.82 Å². The average molecular weight is 361 g/mol. The zero-order chi connectivity index (χ0) is 13.0. The van der Waals surface area contributed by atoms with Crippen LogP contribution in [0.25, 0.3) is 0 Å². The quantitative estimate of drug-likeness (QED) is 0.836. The zero-order valence-electron chi connectivity index (χ0n) is 11.0. The molecule has 0 aromatic carbocycles. The second-order valence-electron chi connectivity index (χ2n) is 4.85. The zero-order valence-corrected chi connectivity index (χ0v) is 13.2. The van der Waals surface area contributed by atoms with Crippen LogP contribution < -0.4 is 5.32 Å². The minimum Gasteiger partial charge on any atom is -0.369 e. The van der Waals surface area contributed by atoms with E-state index in [1.165, 1.54) is 6.42 Å². The molecule has 0 spiro atoms. The fraction of sp³-hybridized carbons (Fsp3) is 0.692. The molecule has 100 valence electrons. The number of hydrogen-bond acceptors (Lipinski definition) is 4. The Labute approximate surface area is 122 Å². The number of nitrogens with one attached hydrogen (secondary N) is 1. The van der Waals surface area contributed by atoms with Crippen LogP contribution in [-0.4, -0.2) is 23.1 Å². The Bertz CT molecular complexity index is 405. The van der Waals surface area contributed by atoms with Crippen molar-refractivity contribution >= 4 is 28.4 Å². The van der Waals surface area contributed by atoms with Crippen molar-refractivity contribution in [1.82, 2.24) is 9.97 Å². The van der Waals surface area contributed by atoms with Gasteiger partial charge in [0.05, 0.1) is 3.57 Å². The molecule has 1 saturated heterocycles. The molecule has 5 heteroatoms. The highest BCUT2D eigenvalue weighted by Crippen LogP contribution is 2.33. The molecule has 4 nitrogen and oxygen atoms in total. The molecular weight excluding hydrogens is 341 g/mol. The summed E-state index contributed by atoms with van der Waals surface area (Å²) in [5, 5.41) is 3.35. The number of nitrogens with zero attached hydrogens (tertiary/aromatic N) is 2. The lowest BCUT2D eigenvalue weighted by Gasteiger charge is -2.32. The molecule has 0 radical (unpaired) electrons. The SMILES string of the molecule is CCCNc1nc(C2(C)CCCCO2)ncc1I. The van der Waals surface area contributed by atoms with Crippen molar-refractivity contribution in [3.05, 3.63) is 15.6 Å². The van der Waals surface area contributed by atoms with Crippen LogP contribution in [-0.2, 0) is 10.3 Å². The van der Waals surface area contributed by atoms with Gasteiger partial charge in [-0.15, -0.1) is 0 Å². The predicted molar refractivity (Wildman–Crippen MR) is 80.7 cm³/mol. The molecule has 1 aromatic heterocycles. The standard InChI is InChI=1S/C13H20IN3O/c1-3-7-15-11-10(14)9-16-12(17-11)13(2)6-4-5-8-18-13/h9H,3-8H2,1-2H3,(H,15,16,17). The average Bonchev–Trinajstić information content (AvgIpc) is 2.38. The second-order valence-corrected chi connectivity index (χ2v) is 6.02. The first-order valence-electron chi connectivity index (χ1n) is 6.56. The van der Waals surface area contributed by atoms with Gasteiger partial charge >= 0.3 is 0 Å². The smallest absolute Gasteiger partial charge is 0.162 e. The molecular formula is C13H20IN3O. The van der Waals surface area contributed by atoms with E-state index >= 15 is 0 Å². The van der Waals surface area contributed by atoms with Crippen LogP contribution in [0.1, 0.15) is 45.4 Å². The molecule has 0 saturated carbocycles. The lowest BCUT2D eigenvalue weighted by atomic mass is 9.95. The number of aromatic nitrogens is 2. The third kappa shape index (κ3) is 3.12. The molecule has 1 aliphatic rings. The number of halogens is 1. The third-order valence-electron chi connectivity index (χ3n) is 3.23. The fourth-order valence-electron chi connectivity index (χ4n) is 2.10. The van der Waals surface area contributed by atoms with Gasteiger partial charge in [0.25, 0.3) is 0 Å². The summed E-state index contributed by atoms with van der Waals surface area (Å²) in [5.74, 6) is 1.74. The summed E-state index contributed by atoms with van der Waals surface area (Å²) in [6.45, 7) is 5.99. The normalized spacial score (nSPS) is 23.9. The van der Waals surface area contributed by atoms with E-state index in [1.807, 2.05) is 6.20 Å². The number of hydrogen-bond donors (Lipinski definition) is 1. The molecule has 0 aliphatic carbocycles. The molecule has 1 aliphatic heterocycles. The molecule has 1 atom stereocenters. The maximum atomic E-state index is 5.90. The van der Waals surface area contributed by atoms with Gasteiger partial charge in [-0.25, -0.2) is 9.97 Å². The predicted octanol–water partition coefficient (Wildman–Crippen LogP) is 3.32. The van der Waals surface area contributed by atoms with Crippen molar-refractivity contribution < 1.29 is 4.74 Å². The lowest BCUT2D eigenvalue weighted by Crippen LogP contribution is -2.32. The molecule has 1 aromatic rings. The third-order valence-corrected chi connectivity index (χ3v) is 4.02. The minimum atomic E-state index is -0.314. The first kappa shape index (κ1) is 14.0. The van der Waals surface area contributed by atoms with Crippen molar-refractivity contribution in [2.75, 3.05) is 18.5 Å². The Morgan fingerprint density at radius 2 is 2.33 bits per heavy atom. The highest BCUT2D eigenvalue weighted by atomic mass is 127. The van der Waals surface area contributed by atoms with Crippen molar-refractivity contribution in [2.45, 2.75) is 45.1 Å². The van der Waals surface area contributed by atoms with Crippen molar-refractivity contribution in [3.8, 4) is 0 Å². The van der Waals surface area contributed by atoms with Gasteiger partial charge in [0.2, 0.25) is 0 Å². The van der Waals surface area contributed by atoms with Crippen LogP contribution in [0.15, 0.2) is 6.20 Å². The highest BCUT2D eigenvalue weighted by Gasteiger charge is 2.33. The van der Waals surface area contributed by atoms with Crippen LogP contribution in [0.3, 0.4) is 0 Å². The lowest BCUT2D eigenvalue weighted by molar-refractivity contribution is -0.0759. The number of anilines is 1. The molecule has 1 unspecified atom stereocenters.